The van der Waals surface area contributed by atoms with Crippen molar-refractivity contribution in [1.29, 1.82) is 0 Å². The Morgan fingerprint density at radius 2 is 2.00 bits per heavy atom. The van der Waals surface area contributed by atoms with Gasteiger partial charge in [-0.25, -0.2) is 0 Å². The Morgan fingerprint density at radius 1 is 1.35 bits per heavy atom. The summed E-state index contributed by atoms with van der Waals surface area (Å²) in [6, 6.07) is 7.67. The molecule has 1 heterocycles. The normalized spacial score (nSPS) is 23.7. The maximum Gasteiger partial charge on any atom is 0.233 e. The van der Waals surface area contributed by atoms with Gasteiger partial charge in [-0.3, -0.25) is 4.79 Å². The predicted octanol–water partition coefficient (Wildman–Crippen LogP) is 0.932. The number of nitrogens with two attached hydrogens (primary N) is 1. The van der Waals surface area contributed by atoms with E-state index in [0.717, 1.165) is 5.69 Å². The van der Waals surface area contributed by atoms with Crippen LogP contribution in [0.15, 0.2) is 24.3 Å². The Bertz CT molecular complexity index is 402. The summed E-state index contributed by atoms with van der Waals surface area (Å²) < 4.78 is 5.22. The molecular weight excluding hydrogens is 216 g/mol. The highest BCUT2D eigenvalue weighted by molar-refractivity contribution is 5.95. The number of aryl methyl sites for hydroxylation is 1. The van der Waals surface area contributed by atoms with Crippen LogP contribution in [0.3, 0.4) is 0 Å². The number of carbonyl (C=O) groups is 1. The summed E-state index contributed by atoms with van der Waals surface area (Å²) in [7, 11) is 1.78. The highest BCUT2D eigenvalue weighted by atomic mass is 16.5. The first-order valence-electron chi connectivity index (χ1n) is 5.77. The Kier molecular flexibility index (Phi) is 3.45. The smallest absolute Gasteiger partial charge is 0.233 e. The van der Waals surface area contributed by atoms with Gasteiger partial charge in [0.25, 0.3) is 0 Å². The van der Waals surface area contributed by atoms with Crippen LogP contribution in [0.2, 0.25) is 0 Å². The minimum absolute atomic E-state index is 0.0267. The number of benzene rings is 1. The number of hydrogen-bond acceptors (Lipinski definition) is 3. The SMILES string of the molecule is Cc1ccc(N(C)C(=O)C2COCC2N)cc1. The van der Waals surface area contributed by atoms with Crippen LogP contribution < -0.4 is 10.6 Å². The van der Waals surface area contributed by atoms with Gasteiger partial charge in [0.1, 0.15) is 0 Å². The van der Waals surface area contributed by atoms with E-state index >= 15 is 0 Å². The third-order valence-electron chi connectivity index (χ3n) is 3.19. The van der Waals surface area contributed by atoms with Crippen LogP contribution in [0.1, 0.15) is 5.56 Å². The minimum atomic E-state index is -0.221. The summed E-state index contributed by atoms with van der Waals surface area (Å²) >= 11 is 0. The predicted molar refractivity (Wildman–Crippen MR) is 66.9 cm³/mol. The molecule has 1 aromatic rings. The van der Waals surface area contributed by atoms with Crippen LogP contribution in [0.25, 0.3) is 0 Å². The molecule has 0 bridgehead atoms. The van der Waals surface area contributed by atoms with Gasteiger partial charge in [0, 0.05) is 18.8 Å². The number of rotatable bonds is 2. The van der Waals surface area contributed by atoms with Crippen molar-refractivity contribution >= 4 is 11.6 Å². The van der Waals surface area contributed by atoms with Crippen molar-refractivity contribution in [2.45, 2.75) is 13.0 Å². The zero-order valence-corrected chi connectivity index (χ0v) is 10.2. The number of carbonyl (C=O) groups excluding carboxylic acids is 1. The highest BCUT2D eigenvalue weighted by Gasteiger charge is 2.33. The van der Waals surface area contributed by atoms with Crippen molar-refractivity contribution in [3.63, 3.8) is 0 Å². The summed E-state index contributed by atoms with van der Waals surface area (Å²) in [5.74, 6) is -0.194. The molecular formula is C13H18N2O2. The molecule has 2 rings (SSSR count). The zero-order valence-electron chi connectivity index (χ0n) is 10.2. The molecule has 2 unspecified atom stereocenters. The van der Waals surface area contributed by atoms with Crippen LogP contribution in [0.5, 0.6) is 0 Å². The van der Waals surface area contributed by atoms with Gasteiger partial charge in [-0.05, 0) is 19.1 Å². The Morgan fingerprint density at radius 3 is 2.53 bits per heavy atom. The Balaban J connectivity index is 2.11. The quantitative estimate of drug-likeness (QED) is 0.828. The maximum atomic E-state index is 12.2. The van der Waals surface area contributed by atoms with Crippen LogP contribution in [0, 0.1) is 12.8 Å². The molecule has 2 N–H and O–H groups in total. The molecule has 1 saturated heterocycles. The van der Waals surface area contributed by atoms with Crippen LogP contribution in [-0.4, -0.2) is 32.2 Å². The summed E-state index contributed by atoms with van der Waals surface area (Å²) in [5.41, 5.74) is 7.91. The lowest BCUT2D eigenvalue weighted by Gasteiger charge is -2.22. The van der Waals surface area contributed by atoms with Gasteiger partial charge in [0.05, 0.1) is 19.1 Å². The third-order valence-corrected chi connectivity index (χ3v) is 3.19. The molecule has 0 saturated carbocycles. The molecule has 1 aliphatic rings. The van der Waals surface area contributed by atoms with E-state index < -0.39 is 0 Å². The van der Waals surface area contributed by atoms with Gasteiger partial charge in [-0.15, -0.1) is 0 Å². The molecule has 4 nitrogen and oxygen atoms in total. The Labute approximate surface area is 101 Å². The summed E-state index contributed by atoms with van der Waals surface area (Å²) in [5, 5.41) is 0. The van der Waals surface area contributed by atoms with E-state index in [1.54, 1.807) is 11.9 Å². The molecule has 0 radical (unpaired) electrons. The van der Waals surface area contributed by atoms with E-state index in [-0.39, 0.29) is 17.9 Å². The van der Waals surface area contributed by atoms with Crippen molar-refractivity contribution in [3.8, 4) is 0 Å². The van der Waals surface area contributed by atoms with E-state index in [2.05, 4.69) is 0 Å². The second-order valence-electron chi connectivity index (χ2n) is 4.54. The van der Waals surface area contributed by atoms with E-state index in [9.17, 15) is 4.79 Å². The molecule has 1 fully saturated rings. The fourth-order valence-corrected chi connectivity index (χ4v) is 1.97. The van der Waals surface area contributed by atoms with Crippen LogP contribution >= 0.6 is 0 Å². The molecule has 1 amide bonds. The van der Waals surface area contributed by atoms with Crippen molar-refractivity contribution in [3.05, 3.63) is 29.8 Å². The lowest BCUT2D eigenvalue weighted by atomic mass is 10.0. The second kappa shape index (κ2) is 4.85. The van der Waals surface area contributed by atoms with Crippen molar-refractivity contribution in [1.82, 2.24) is 0 Å². The van der Waals surface area contributed by atoms with Gasteiger partial charge >= 0.3 is 0 Å². The van der Waals surface area contributed by atoms with Gasteiger partial charge < -0.3 is 15.4 Å². The van der Waals surface area contributed by atoms with Gasteiger partial charge in [-0.1, -0.05) is 17.7 Å². The summed E-state index contributed by atoms with van der Waals surface area (Å²) in [4.78, 5) is 13.9. The maximum absolute atomic E-state index is 12.2. The van der Waals surface area contributed by atoms with E-state index in [4.69, 9.17) is 10.5 Å². The molecule has 1 aliphatic heterocycles. The fourth-order valence-electron chi connectivity index (χ4n) is 1.97. The standard InChI is InChI=1S/C13H18N2O2/c1-9-3-5-10(6-4-9)15(2)13(16)11-7-17-8-12(11)14/h3-6,11-12H,7-8,14H2,1-2H3. The lowest BCUT2D eigenvalue weighted by Crippen LogP contribution is -2.42. The number of nitrogens with zero attached hydrogens (tertiary/aromatic N) is 1. The molecule has 4 heteroatoms. The summed E-state index contributed by atoms with van der Waals surface area (Å²) in [6.07, 6.45) is 0. The van der Waals surface area contributed by atoms with Crippen molar-refractivity contribution in [2.75, 3.05) is 25.2 Å². The van der Waals surface area contributed by atoms with Gasteiger partial charge in [0.15, 0.2) is 0 Å². The molecule has 0 spiro atoms. The summed E-state index contributed by atoms with van der Waals surface area (Å²) in [6.45, 7) is 2.92. The molecule has 0 aromatic heterocycles. The number of anilines is 1. The number of hydrogen-bond donors (Lipinski definition) is 1. The van der Waals surface area contributed by atoms with E-state index in [1.165, 1.54) is 5.56 Å². The average Bonchev–Trinajstić information content (AvgIpc) is 2.74. The number of amides is 1. The largest absolute Gasteiger partial charge is 0.379 e. The van der Waals surface area contributed by atoms with Crippen molar-refractivity contribution in [2.24, 2.45) is 11.7 Å². The highest BCUT2D eigenvalue weighted by Crippen LogP contribution is 2.19. The first-order chi connectivity index (χ1) is 8.09. The van der Waals surface area contributed by atoms with Gasteiger partial charge in [0.2, 0.25) is 5.91 Å². The van der Waals surface area contributed by atoms with E-state index in [0.29, 0.717) is 13.2 Å². The van der Waals surface area contributed by atoms with Crippen LogP contribution in [0.4, 0.5) is 5.69 Å². The average molecular weight is 234 g/mol. The minimum Gasteiger partial charge on any atom is -0.379 e. The monoisotopic (exact) mass is 234 g/mol. The fraction of sp³-hybridized carbons (Fsp3) is 0.462. The molecule has 1 aromatic carbocycles. The molecule has 0 aliphatic carbocycles. The molecule has 92 valence electrons. The topological polar surface area (TPSA) is 55.6 Å². The number of ether oxygens (including phenoxy) is 1. The first-order valence-corrected chi connectivity index (χ1v) is 5.77. The third kappa shape index (κ3) is 2.48. The lowest BCUT2D eigenvalue weighted by molar-refractivity contribution is -0.122. The Hall–Kier alpha value is -1.39. The molecule has 17 heavy (non-hydrogen) atoms. The second-order valence-corrected chi connectivity index (χ2v) is 4.54. The van der Waals surface area contributed by atoms with Crippen molar-refractivity contribution < 1.29 is 9.53 Å². The molecule has 2 atom stereocenters. The van der Waals surface area contributed by atoms with Gasteiger partial charge in [-0.2, -0.15) is 0 Å². The first kappa shape index (κ1) is 12.1. The zero-order chi connectivity index (χ0) is 12.4. The van der Waals surface area contributed by atoms with Crippen LogP contribution in [-0.2, 0) is 9.53 Å². The van der Waals surface area contributed by atoms with E-state index in [1.807, 2.05) is 31.2 Å².